The summed E-state index contributed by atoms with van der Waals surface area (Å²) in [6, 6.07) is 0. The van der Waals surface area contributed by atoms with Crippen molar-refractivity contribution in [3.8, 4) is 0 Å². The van der Waals surface area contributed by atoms with Gasteiger partial charge in [0.25, 0.3) is 0 Å². The summed E-state index contributed by atoms with van der Waals surface area (Å²) >= 11 is 0. The average molecular weight is 146 g/mol. The third-order valence-corrected chi connectivity index (χ3v) is 1.24. The highest BCUT2D eigenvalue weighted by molar-refractivity contribution is 8.22. The van der Waals surface area contributed by atoms with E-state index in [-0.39, 0.29) is 4.70 Å². The maximum atomic E-state index is 9.43. The van der Waals surface area contributed by atoms with Crippen LogP contribution in [-0.4, -0.2) is 8.42 Å². The molecule has 0 heterocycles. The summed E-state index contributed by atoms with van der Waals surface area (Å²) in [7, 11) is -4.46. The van der Waals surface area contributed by atoms with Crippen molar-refractivity contribution in [3.63, 3.8) is 0 Å². The van der Waals surface area contributed by atoms with E-state index in [9.17, 15) is 8.42 Å². The van der Waals surface area contributed by atoms with E-state index in [2.05, 4.69) is 0 Å². The van der Waals surface area contributed by atoms with E-state index in [1.54, 1.807) is 0 Å². The van der Waals surface area contributed by atoms with Crippen molar-refractivity contribution in [1.82, 2.24) is 0 Å². The van der Waals surface area contributed by atoms with Crippen LogP contribution in [0.4, 0.5) is 4.70 Å². The number of hydrogen-bond donors (Lipinski definition) is 2. The molecule has 0 saturated heterocycles. The highest BCUT2D eigenvalue weighted by Gasteiger charge is 1.50. The van der Waals surface area contributed by atoms with E-state index in [0.717, 1.165) is 0 Å². The molecule has 0 unspecified atom stereocenters. The lowest BCUT2D eigenvalue weighted by Gasteiger charge is -1.37. The minimum atomic E-state index is -2.23. The summed E-state index contributed by atoms with van der Waals surface area (Å²) in [5.74, 6) is 0. The van der Waals surface area contributed by atoms with Crippen LogP contribution in [0.15, 0.2) is 0 Å². The van der Waals surface area contributed by atoms with Crippen molar-refractivity contribution in [3.05, 3.63) is 0 Å². The smallest absolute Gasteiger partial charge is 0.196 e. The third-order valence-electron chi connectivity index (χ3n) is 0.137. The Kier molecular flexibility index (Phi) is 5.23. The first-order valence-electron chi connectivity index (χ1n) is 0.908. The molecule has 7 heavy (non-hydrogen) atoms. The number of rotatable bonds is 0. The summed E-state index contributed by atoms with van der Waals surface area (Å²) in [5, 5.41) is 0. The second kappa shape index (κ2) is 3.75. The highest BCUT2D eigenvalue weighted by atomic mass is 32.8. The summed E-state index contributed by atoms with van der Waals surface area (Å²) in [6.45, 7) is 0. The fourth-order valence-electron chi connectivity index (χ4n) is 0. The molecule has 0 atom stereocenters. The molecule has 7 heteroatoms. The van der Waals surface area contributed by atoms with Gasteiger partial charge in [0.2, 0.25) is 0 Å². The first-order chi connectivity index (χ1) is 2.64. The van der Waals surface area contributed by atoms with Gasteiger partial charge in [0.05, 0.1) is 0 Å². The molecule has 0 aliphatic heterocycles. The quantitative estimate of drug-likeness (QED) is 0.507. The van der Waals surface area contributed by atoms with Crippen molar-refractivity contribution in [1.29, 1.82) is 9.56 Å². The van der Waals surface area contributed by atoms with Gasteiger partial charge >= 0.3 is 0 Å². The molecule has 2 N–H and O–H groups in total. The van der Waals surface area contributed by atoms with Crippen LogP contribution in [0.5, 0.6) is 0 Å². The van der Waals surface area contributed by atoms with E-state index in [1.807, 2.05) is 0 Å². The van der Waals surface area contributed by atoms with Gasteiger partial charge in [-0.1, -0.05) is 0 Å². The van der Waals surface area contributed by atoms with Gasteiger partial charge in [-0.25, -0.2) is 9.56 Å². The van der Waals surface area contributed by atoms with Crippen LogP contribution >= 0.6 is 0 Å². The lowest BCUT2D eigenvalue weighted by molar-refractivity contribution is 0.686. The van der Waals surface area contributed by atoms with Gasteiger partial charge in [-0.05, 0) is 0 Å². The van der Waals surface area contributed by atoms with Crippen LogP contribution in [0.3, 0.4) is 0 Å². The van der Waals surface area contributed by atoms with Gasteiger partial charge < -0.3 is 0 Å². The van der Waals surface area contributed by atoms with Gasteiger partial charge in [-0.2, -0.15) is 8.42 Å². The van der Waals surface area contributed by atoms with Gasteiger partial charge in [-0.3, -0.25) is 4.70 Å². The molecule has 0 aromatic carbocycles. The Labute approximate surface area is 41.8 Å². The van der Waals surface area contributed by atoms with E-state index in [0.29, 0.717) is 0 Å². The molecule has 0 spiro atoms. The van der Waals surface area contributed by atoms with Gasteiger partial charge in [-0.15, -0.1) is 0 Å². The summed E-state index contributed by atoms with van der Waals surface area (Å²) in [5.41, 5.74) is 0. The molecule has 0 aliphatic carbocycles. The monoisotopic (exact) mass is 146 g/mol. The van der Waals surface area contributed by atoms with Crippen molar-refractivity contribution < 1.29 is 13.1 Å². The van der Waals surface area contributed by atoms with Gasteiger partial charge in [0.1, 0.15) is 0 Å². The molecule has 44 valence electrons. The molecule has 0 aromatic heterocycles. The maximum Gasteiger partial charge on any atom is 0.196 e. The Hall–Kier alpha value is -0.430. The van der Waals surface area contributed by atoms with Crippen molar-refractivity contribution in [2.24, 2.45) is 0 Å². The van der Waals surface area contributed by atoms with Crippen molar-refractivity contribution >= 4 is 18.3 Å². The summed E-state index contributed by atoms with van der Waals surface area (Å²) < 4.78 is 30.9. The zero-order valence-corrected chi connectivity index (χ0v) is 4.67. The topological polar surface area (TPSA) is 81.8 Å². The Morgan fingerprint density at radius 3 is 1.14 bits per heavy atom. The van der Waals surface area contributed by atoms with E-state index < -0.39 is 18.3 Å². The minimum absolute atomic E-state index is 0. The number of halogens is 1. The van der Waals surface area contributed by atoms with Crippen LogP contribution < -0.4 is 0 Å². The molecule has 0 saturated carbocycles. The zero-order valence-electron chi connectivity index (χ0n) is 3.04. The minimum Gasteiger partial charge on any atom is -0.269 e. The van der Waals surface area contributed by atoms with E-state index >= 15 is 0 Å². The second-order valence-electron chi connectivity index (χ2n) is 0.469. The van der Waals surface area contributed by atoms with E-state index in [1.165, 1.54) is 0 Å². The Bertz CT molecular complexity index is 199. The Morgan fingerprint density at radius 2 is 1.14 bits per heavy atom. The predicted octanol–water partition coefficient (Wildman–Crippen LogP) is 0.0760. The highest BCUT2D eigenvalue weighted by Crippen LogP contribution is 1.38. The molecular weight excluding hydrogens is 143 g/mol. The number of nitrogens with one attached hydrogen (secondary N) is 2. The van der Waals surface area contributed by atoms with Crippen LogP contribution in [0.25, 0.3) is 0 Å². The van der Waals surface area contributed by atoms with Crippen LogP contribution in [-0.2, 0) is 18.3 Å². The second-order valence-corrected chi connectivity index (χ2v) is 3.22. The lowest BCUT2D eigenvalue weighted by Crippen LogP contribution is -1.47. The van der Waals surface area contributed by atoms with Crippen LogP contribution in [0.1, 0.15) is 0 Å². The largest absolute Gasteiger partial charge is 0.269 e. The van der Waals surface area contributed by atoms with Gasteiger partial charge in [0.15, 0.2) is 18.3 Å². The lowest BCUT2D eigenvalue weighted by atomic mass is 14.0. The maximum absolute atomic E-state index is 9.43. The SMILES string of the molecule is F.N=S(=O)=S(=N)=O. The molecule has 0 rings (SSSR count). The summed E-state index contributed by atoms with van der Waals surface area (Å²) in [4.78, 5) is 0. The molecule has 0 radical (unpaired) electrons. The summed E-state index contributed by atoms with van der Waals surface area (Å²) in [6.07, 6.45) is 0. The first kappa shape index (κ1) is 9.76. The normalized spacial score (nSPS) is 6.29. The van der Waals surface area contributed by atoms with Gasteiger partial charge in [0, 0.05) is 0 Å². The first-order valence-corrected chi connectivity index (χ1v) is 3.72. The molecule has 0 amide bonds. The van der Waals surface area contributed by atoms with Crippen LogP contribution in [0, 0.1) is 9.56 Å². The third kappa shape index (κ3) is 5.57. The molecule has 0 aromatic rings. The molecule has 0 fully saturated rings. The Balaban J connectivity index is 0. The molecule has 0 bridgehead atoms. The predicted molar refractivity (Wildman–Crippen MR) is 24.2 cm³/mol. The van der Waals surface area contributed by atoms with Crippen molar-refractivity contribution in [2.75, 3.05) is 0 Å². The fourth-order valence-corrected chi connectivity index (χ4v) is 0. The average Bonchev–Trinajstić information content (AvgIpc) is 1.36. The van der Waals surface area contributed by atoms with Crippen LogP contribution in [0.2, 0.25) is 0 Å². The zero-order chi connectivity index (χ0) is 5.15. The molecule has 4 nitrogen and oxygen atoms in total. The van der Waals surface area contributed by atoms with E-state index in [4.69, 9.17) is 9.56 Å². The standard InChI is InChI=1S/FH.H2N2O2S2/c;1-5(3)6(2)4/h1H;1-2H. The molecular formula is H3FN2O2S2. The number of hydrogen-bond acceptors (Lipinski definition) is 4. The molecule has 0 aliphatic rings. The van der Waals surface area contributed by atoms with Crippen molar-refractivity contribution in [2.45, 2.75) is 0 Å². The Morgan fingerprint density at radius 1 is 1.00 bits per heavy atom. The fraction of sp³-hybridized carbons (Fsp3) is 0.